The molecule has 4 aromatic rings. The van der Waals surface area contributed by atoms with Crippen LogP contribution in [0.3, 0.4) is 0 Å². The maximum absolute atomic E-state index is 12.3. The van der Waals surface area contributed by atoms with Gasteiger partial charge in [-0.1, -0.05) is 54.2 Å². The number of aromatic amines is 2. The fraction of sp³-hybridized carbons (Fsp3) is 0.190. The van der Waals surface area contributed by atoms with Crippen LogP contribution >= 0.6 is 11.8 Å². The predicted molar refractivity (Wildman–Crippen MR) is 109 cm³/mol. The first kappa shape index (κ1) is 17.5. The first-order chi connectivity index (χ1) is 13.1. The number of thioether (sulfide) groups is 1. The van der Waals surface area contributed by atoms with Crippen LogP contribution in [0.4, 0.5) is 0 Å². The van der Waals surface area contributed by atoms with Gasteiger partial charge in [-0.15, -0.1) is 0 Å². The molecule has 0 saturated heterocycles. The topological polar surface area (TPSA) is 74.4 Å². The second kappa shape index (κ2) is 7.40. The SMILES string of the molecule is Cc1[nH]c(S[C@H](C)c2nc3ccccc3c(=O)[nH]2)nc1Cc1ccccc1. The zero-order chi connectivity index (χ0) is 18.8. The summed E-state index contributed by atoms with van der Waals surface area (Å²) in [6.07, 6.45) is 0.795. The molecule has 5 nitrogen and oxygen atoms in total. The fourth-order valence-electron chi connectivity index (χ4n) is 3.00. The Kier molecular flexibility index (Phi) is 4.81. The van der Waals surface area contributed by atoms with E-state index in [0.29, 0.717) is 16.7 Å². The van der Waals surface area contributed by atoms with Gasteiger partial charge in [-0.25, -0.2) is 9.97 Å². The molecule has 27 heavy (non-hydrogen) atoms. The number of imidazole rings is 1. The van der Waals surface area contributed by atoms with Gasteiger partial charge in [-0.05, 0) is 31.5 Å². The van der Waals surface area contributed by atoms with E-state index in [4.69, 9.17) is 4.98 Å². The Balaban J connectivity index is 1.56. The van der Waals surface area contributed by atoms with Crippen molar-refractivity contribution in [1.29, 1.82) is 0 Å². The van der Waals surface area contributed by atoms with E-state index in [0.717, 1.165) is 23.0 Å². The number of para-hydroxylation sites is 1. The molecule has 136 valence electrons. The van der Waals surface area contributed by atoms with Crippen molar-refractivity contribution in [1.82, 2.24) is 19.9 Å². The number of aryl methyl sites for hydroxylation is 1. The van der Waals surface area contributed by atoms with Crippen LogP contribution in [-0.2, 0) is 6.42 Å². The quantitative estimate of drug-likeness (QED) is 0.506. The molecule has 1 atom stereocenters. The summed E-state index contributed by atoms with van der Waals surface area (Å²) in [6, 6.07) is 17.7. The van der Waals surface area contributed by atoms with E-state index in [2.05, 4.69) is 27.1 Å². The van der Waals surface area contributed by atoms with Crippen molar-refractivity contribution in [3.63, 3.8) is 0 Å². The first-order valence-corrected chi connectivity index (χ1v) is 9.73. The van der Waals surface area contributed by atoms with E-state index >= 15 is 0 Å². The van der Waals surface area contributed by atoms with Gasteiger partial charge in [0.1, 0.15) is 5.82 Å². The fourth-order valence-corrected chi connectivity index (χ4v) is 3.94. The number of hydrogen-bond donors (Lipinski definition) is 2. The molecule has 0 radical (unpaired) electrons. The molecule has 2 aromatic carbocycles. The molecular weight excluding hydrogens is 356 g/mol. The number of H-pyrrole nitrogens is 2. The minimum atomic E-state index is -0.108. The van der Waals surface area contributed by atoms with Gasteiger partial charge in [0.25, 0.3) is 5.56 Å². The molecule has 0 unspecified atom stereocenters. The summed E-state index contributed by atoms with van der Waals surface area (Å²) in [4.78, 5) is 27.9. The molecule has 2 aromatic heterocycles. The number of rotatable bonds is 5. The van der Waals surface area contributed by atoms with Gasteiger partial charge in [0.15, 0.2) is 5.16 Å². The third kappa shape index (κ3) is 3.80. The van der Waals surface area contributed by atoms with Gasteiger partial charge < -0.3 is 9.97 Å². The van der Waals surface area contributed by atoms with E-state index in [9.17, 15) is 4.79 Å². The molecule has 0 fully saturated rings. The van der Waals surface area contributed by atoms with Crippen molar-refractivity contribution in [3.8, 4) is 0 Å². The molecule has 0 spiro atoms. The lowest BCUT2D eigenvalue weighted by Gasteiger charge is -2.09. The van der Waals surface area contributed by atoms with Gasteiger partial charge in [-0.2, -0.15) is 0 Å². The lowest BCUT2D eigenvalue weighted by atomic mass is 10.1. The first-order valence-electron chi connectivity index (χ1n) is 8.85. The van der Waals surface area contributed by atoms with Crippen molar-refractivity contribution in [2.75, 3.05) is 0 Å². The third-order valence-electron chi connectivity index (χ3n) is 4.48. The minimum Gasteiger partial charge on any atom is -0.337 e. The van der Waals surface area contributed by atoms with Gasteiger partial charge in [0.05, 0.1) is 21.8 Å². The van der Waals surface area contributed by atoms with Crippen LogP contribution in [0.5, 0.6) is 0 Å². The monoisotopic (exact) mass is 376 g/mol. The van der Waals surface area contributed by atoms with E-state index in [1.807, 2.05) is 50.2 Å². The molecule has 0 saturated carbocycles. The summed E-state index contributed by atoms with van der Waals surface area (Å²) in [5.41, 5.74) is 3.94. The van der Waals surface area contributed by atoms with E-state index in [1.54, 1.807) is 17.8 Å². The highest BCUT2D eigenvalue weighted by Gasteiger charge is 2.16. The standard InChI is InChI=1S/C21H20N4OS/c1-13-18(12-15-8-4-3-5-9-15)24-21(22-13)27-14(2)19-23-17-11-7-6-10-16(17)20(26)25-19/h3-11,14H,12H2,1-2H3,(H,22,24)(H,23,25,26)/t14-/m1/s1. The van der Waals surface area contributed by atoms with Gasteiger partial charge >= 0.3 is 0 Å². The summed E-state index contributed by atoms with van der Waals surface area (Å²) < 4.78 is 0. The Bertz CT molecular complexity index is 1130. The maximum Gasteiger partial charge on any atom is 0.258 e. The maximum atomic E-state index is 12.3. The molecule has 0 bridgehead atoms. The summed E-state index contributed by atoms with van der Waals surface area (Å²) in [5, 5.41) is 1.41. The van der Waals surface area contributed by atoms with E-state index in [-0.39, 0.29) is 10.8 Å². The highest BCUT2D eigenvalue weighted by atomic mass is 32.2. The average molecular weight is 376 g/mol. The van der Waals surface area contributed by atoms with Crippen LogP contribution in [0.25, 0.3) is 10.9 Å². The van der Waals surface area contributed by atoms with Crippen LogP contribution in [0.1, 0.15) is 34.9 Å². The largest absolute Gasteiger partial charge is 0.337 e. The van der Waals surface area contributed by atoms with Crippen molar-refractivity contribution in [3.05, 3.63) is 87.7 Å². The van der Waals surface area contributed by atoms with Crippen LogP contribution in [0.15, 0.2) is 64.5 Å². The summed E-state index contributed by atoms with van der Waals surface area (Å²) in [7, 11) is 0. The number of nitrogens with one attached hydrogen (secondary N) is 2. The Morgan fingerprint density at radius 1 is 1.00 bits per heavy atom. The van der Waals surface area contributed by atoms with Crippen LogP contribution in [0.2, 0.25) is 0 Å². The van der Waals surface area contributed by atoms with Crippen molar-refractivity contribution < 1.29 is 0 Å². The summed E-state index contributed by atoms with van der Waals surface area (Å²) >= 11 is 1.56. The summed E-state index contributed by atoms with van der Waals surface area (Å²) in [6.45, 7) is 4.06. The van der Waals surface area contributed by atoms with Crippen molar-refractivity contribution in [2.24, 2.45) is 0 Å². The van der Waals surface area contributed by atoms with Crippen LogP contribution in [0, 0.1) is 6.92 Å². The third-order valence-corrected chi connectivity index (χ3v) is 5.48. The average Bonchev–Trinajstić information content (AvgIpc) is 3.01. The number of nitrogens with zero attached hydrogens (tertiary/aromatic N) is 2. The zero-order valence-corrected chi connectivity index (χ0v) is 16.0. The lowest BCUT2D eigenvalue weighted by Crippen LogP contribution is -2.12. The number of hydrogen-bond acceptors (Lipinski definition) is 4. The second-order valence-electron chi connectivity index (χ2n) is 6.50. The minimum absolute atomic E-state index is 0.0302. The Morgan fingerprint density at radius 3 is 2.56 bits per heavy atom. The Morgan fingerprint density at radius 2 is 1.74 bits per heavy atom. The molecule has 0 amide bonds. The van der Waals surface area contributed by atoms with Crippen LogP contribution < -0.4 is 5.56 Å². The highest BCUT2D eigenvalue weighted by molar-refractivity contribution is 7.99. The number of aromatic nitrogens is 4. The van der Waals surface area contributed by atoms with Crippen molar-refractivity contribution >= 4 is 22.7 Å². The van der Waals surface area contributed by atoms with E-state index < -0.39 is 0 Å². The molecule has 0 aliphatic rings. The predicted octanol–water partition coefficient (Wildman–Crippen LogP) is 4.40. The molecule has 2 N–H and O–H groups in total. The Hall–Kier alpha value is -2.86. The van der Waals surface area contributed by atoms with Crippen molar-refractivity contribution in [2.45, 2.75) is 30.7 Å². The smallest absolute Gasteiger partial charge is 0.258 e. The lowest BCUT2D eigenvalue weighted by molar-refractivity contribution is 0.909. The van der Waals surface area contributed by atoms with Gasteiger partial charge in [0.2, 0.25) is 0 Å². The van der Waals surface area contributed by atoms with Crippen LogP contribution in [-0.4, -0.2) is 19.9 Å². The van der Waals surface area contributed by atoms with E-state index in [1.165, 1.54) is 5.56 Å². The molecule has 6 heteroatoms. The Labute approximate surface area is 161 Å². The molecule has 2 heterocycles. The molecule has 0 aliphatic carbocycles. The molecule has 4 rings (SSSR count). The second-order valence-corrected chi connectivity index (χ2v) is 7.83. The number of fused-ring (bicyclic) bond motifs is 1. The normalized spacial score (nSPS) is 12.4. The zero-order valence-electron chi connectivity index (χ0n) is 15.2. The summed E-state index contributed by atoms with van der Waals surface area (Å²) in [5.74, 6) is 0.655. The molecular formula is C21H20N4OS. The highest BCUT2D eigenvalue weighted by Crippen LogP contribution is 2.32. The number of benzene rings is 2. The van der Waals surface area contributed by atoms with Gasteiger partial charge in [-0.3, -0.25) is 4.79 Å². The molecule has 0 aliphatic heterocycles. The van der Waals surface area contributed by atoms with Gasteiger partial charge in [0, 0.05) is 12.1 Å².